The zero-order valence-corrected chi connectivity index (χ0v) is 11.2. The summed E-state index contributed by atoms with van der Waals surface area (Å²) in [4.78, 5) is 8.05. The molecule has 0 unspecified atom stereocenters. The van der Waals surface area contributed by atoms with Crippen LogP contribution >= 0.6 is 0 Å². The highest BCUT2D eigenvalue weighted by Gasteiger charge is 2.18. The van der Waals surface area contributed by atoms with Gasteiger partial charge in [-0.3, -0.25) is 4.99 Å². The number of rotatable bonds is 0. The molecule has 4 rings (SSSR count). The third-order valence-corrected chi connectivity index (χ3v) is 4.40. The quantitative estimate of drug-likeness (QED) is 0.621. The number of aromatic amines is 1. The number of fused-ring (bicyclic) bond motifs is 4. The van der Waals surface area contributed by atoms with Gasteiger partial charge < -0.3 is 4.98 Å². The van der Waals surface area contributed by atoms with Crippen LogP contribution in [0.1, 0.15) is 22.3 Å². The van der Waals surface area contributed by atoms with Gasteiger partial charge in [-0.1, -0.05) is 18.2 Å². The van der Waals surface area contributed by atoms with E-state index in [1.54, 1.807) is 0 Å². The number of hydrogen-bond acceptors (Lipinski definition) is 1. The summed E-state index contributed by atoms with van der Waals surface area (Å²) in [6.07, 6.45) is 3.01. The smallest absolute Gasteiger partial charge is 0.0641 e. The Morgan fingerprint density at radius 2 is 1.89 bits per heavy atom. The van der Waals surface area contributed by atoms with E-state index in [-0.39, 0.29) is 0 Å². The van der Waals surface area contributed by atoms with Crippen molar-refractivity contribution in [3.8, 4) is 0 Å². The third kappa shape index (κ3) is 1.34. The van der Waals surface area contributed by atoms with Gasteiger partial charge in [0.05, 0.1) is 6.54 Å². The normalized spacial score (nSPS) is 14.2. The summed E-state index contributed by atoms with van der Waals surface area (Å²) in [6, 6.07) is 8.57. The minimum Gasteiger partial charge on any atom is -0.354 e. The van der Waals surface area contributed by atoms with Crippen molar-refractivity contribution in [2.75, 3.05) is 0 Å². The Morgan fingerprint density at radius 1 is 1.05 bits per heavy atom. The van der Waals surface area contributed by atoms with Gasteiger partial charge in [-0.15, -0.1) is 0 Å². The molecule has 0 spiro atoms. The molecule has 0 saturated heterocycles. The molecular formula is C17H16N2. The lowest BCUT2D eigenvalue weighted by molar-refractivity contribution is 0.984. The van der Waals surface area contributed by atoms with Crippen molar-refractivity contribution in [1.29, 1.82) is 0 Å². The van der Waals surface area contributed by atoms with Gasteiger partial charge >= 0.3 is 0 Å². The van der Waals surface area contributed by atoms with Crippen molar-refractivity contribution < 1.29 is 0 Å². The van der Waals surface area contributed by atoms with E-state index < -0.39 is 0 Å². The highest BCUT2D eigenvalue weighted by atomic mass is 14.7. The number of nitrogens with one attached hydrogen (secondary N) is 1. The topological polar surface area (TPSA) is 28.1 Å². The van der Waals surface area contributed by atoms with Crippen molar-refractivity contribution in [2.24, 2.45) is 4.99 Å². The van der Waals surface area contributed by atoms with Gasteiger partial charge in [-0.05, 0) is 42.2 Å². The van der Waals surface area contributed by atoms with Crippen LogP contribution in [-0.4, -0.2) is 11.2 Å². The van der Waals surface area contributed by atoms with E-state index in [1.165, 1.54) is 44.1 Å². The van der Waals surface area contributed by atoms with Crippen molar-refractivity contribution in [3.63, 3.8) is 0 Å². The van der Waals surface area contributed by atoms with E-state index in [0.29, 0.717) is 0 Å². The molecular weight excluding hydrogens is 232 g/mol. The maximum absolute atomic E-state index is 4.46. The molecule has 0 amide bonds. The van der Waals surface area contributed by atoms with Gasteiger partial charge in [0.25, 0.3) is 0 Å². The molecule has 1 aliphatic rings. The van der Waals surface area contributed by atoms with E-state index in [1.807, 2.05) is 6.21 Å². The Labute approximate surface area is 112 Å². The first-order valence-electron chi connectivity index (χ1n) is 6.77. The maximum atomic E-state index is 4.46. The second-order valence-electron chi connectivity index (χ2n) is 5.36. The molecule has 3 aromatic rings. The molecule has 0 bridgehead atoms. The van der Waals surface area contributed by atoms with Crippen LogP contribution < -0.4 is 0 Å². The Morgan fingerprint density at radius 3 is 2.79 bits per heavy atom. The number of aliphatic imine (C=N–C) groups is 1. The number of hydrogen-bond donors (Lipinski definition) is 1. The first-order chi connectivity index (χ1) is 9.27. The Bertz CT molecular complexity index is 837. The van der Waals surface area contributed by atoms with Crippen LogP contribution in [0.25, 0.3) is 21.8 Å². The molecule has 2 nitrogen and oxygen atoms in total. The average Bonchev–Trinajstić information content (AvgIpc) is 2.84. The van der Waals surface area contributed by atoms with Crippen LogP contribution in [-0.2, 0) is 13.0 Å². The van der Waals surface area contributed by atoms with Crippen molar-refractivity contribution in [1.82, 2.24) is 4.98 Å². The standard InChI is InChI=1S/C17H16N2/c1-10-14-9-18-8-7-12(14)11(2)17-16(10)13-5-3-4-6-15(13)19-17/h3-6,8,19H,7,9H2,1-2H3. The van der Waals surface area contributed by atoms with Crippen LogP contribution in [0.5, 0.6) is 0 Å². The number of benzene rings is 2. The predicted molar refractivity (Wildman–Crippen MR) is 81.2 cm³/mol. The fourth-order valence-electron chi connectivity index (χ4n) is 3.37. The van der Waals surface area contributed by atoms with Crippen LogP contribution in [0.4, 0.5) is 0 Å². The summed E-state index contributed by atoms with van der Waals surface area (Å²) in [6.45, 7) is 5.30. The summed E-state index contributed by atoms with van der Waals surface area (Å²) in [5.74, 6) is 0. The lowest BCUT2D eigenvalue weighted by Gasteiger charge is -2.18. The Balaban J connectivity index is 2.25. The van der Waals surface area contributed by atoms with E-state index in [2.05, 4.69) is 48.1 Å². The highest BCUT2D eigenvalue weighted by molar-refractivity contribution is 6.10. The Hall–Kier alpha value is -2.09. The van der Waals surface area contributed by atoms with Gasteiger partial charge in [-0.25, -0.2) is 0 Å². The summed E-state index contributed by atoms with van der Waals surface area (Å²) < 4.78 is 0. The molecule has 0 radical (unpaired) electrons. The SMILES string of the molecule is Cc1c2c(c(C)c3c1[nH]c1ccccc13)CN=CC2. The number of H-pyrrole nitrogens is 1. The number of nitrogens with zero attached hydrogens (tertiary/aromatic N) is 1. The van der Waals surface area contributed by atoms with Crippen molar-refractivity contribution >= 4 is 28.0 Å². The van der Waals surface area contributed by atoms with Gasteiger partial charge in [0.1, 0.15) is 0 Å². The molecule has 19 heavy (non-hydrogen) atoms. The minimum absolute atomic E-state index is 0.831. The summed E-state index contributed by atoms with van der Waals surface area (Å²) in [5, 5.41) is 2.71. The molecule has 2 heterocycles. The van der Waals surface area contributed by atoms with Crippen LogP contribution in [0.2, 0.25) is 0 Å². The summed E-state index contributed by atoms with van der Waals surface area (Å²) >= 11 is 0. The fourth-order valence-corrected chi connectivity index (χ4v) is 3.37. The fraction of sp³-hybridized carbons (Fsp3) is 0.235. The number of aromatic nitrogens is 1. The molecule has 94 valence electrons. The van der Waals surface area contributed by atoms with Gasteiger partial charge in [0.15, 0.2) is 0 Å². The van der Waals surface area contributed by atoms with Gasteiger partial charge in [-0.2, -0.15) is 0 Å². The second-order valence-corrected chi connectivity index (χ2v) is 5.36. The van der Waals surface area contributed by atoms with E-state index >= 15 is 0 Å². The molecule has 1 aromatic heterocycles. The average molecular weight is 248 g/mol. The molecule has 0 fully saturated rings. The van der Waals surface area contributed by atoms with Crippen LogP contribution in [0.3, 0.4) is 0 Å². The monoisotopic (exact) mass is 248 g/mol. The Kier molecular flexibility index (Phi) is 2.10. The molecule has 0 aliphatic carbocycles. The molecule has 2 aromatic carbocycles. The summed E-state index contributed by atoms with van der Waals surface area (Å²) in [7, 11) is 0. The molecule has 0 saturated carbocycles. The third-order valence-electron chi connectivity index (χ3n) is 4.40. The van der Waals surface area contributed by atoms with E-state index in [0.717, 1.165) is 13.0 Å². The highest BCUT2D eigenvalue weighted by Crippen LogP contribution is 2.36. The first-order valence-corrected chi connectivity index (χ1v) is 6.77. The predicted octanol–water partition coefficient (Wildman–Crippen LogP) is 4.06. The van der Waals surface area contributed by atoms with E-state index in [4.69, 9.17) is 0 Å². The van der Waals surface area contributed by atoms with Crippen LogP contribution in [0.15, 0.2) is 29.3 Å². The van der Waals surface area contributed by atoms with Crippen molar-refractivity contribution in [3.05, 3.63) is 46.5 Å². The lowest BCUT2D eigenvalue weighted by Crippen LogP contribution is -2.06. The molecule has 2 heteroatoms. The van der Waals surface area contributed by atoms with Gasteiger partial charge in [0, 0.05) is 34.4 Å². The van der Waals surface area contributed by atoms with E-state index in [9.17, 15) is 0 Å². The minimum atomic E-state index is 0.831. The summed E-state index contributed by atoms with van der Waals surface area (Å²) in [5.41, 5.74) is 8.20. The lowest BCUT2D eigenvalue weighted by atomic mass is 9.90. The molecule has 0 atom stereocenters. The molecule has 1 aliphatic heterocycles. The number of aryl methyl sites for hydroxylation is 2. The second kappa shape index (κ2) is 3.70. The van der Waals surface area contributed by atoms with Gasteiger partial charge in [0.2, 0.25) is 0 Å². The van der Waals surface area contributed by atoms with Crippen LogP contribution in [0, 0.1) is 13.8 Å². The van der Waals surface area contributed by atoms with Crippen molar-refractivity contribution in [2.45, 2.75) is 26.8 Å². The maximum Gasteiger partial charge on any atom is 0.0641 e. The zero-order chi connectivity index (χ0) is 13.0. The first kappa shape index (κ1) is 10.8. The zero-order valence-electron chi connectivity index (χ0n) is 11.2. The number of para-hydroxylation sites is 1. The molecule has 1 N–H and O–H groups in total. The largest absolute Gasteiger partial charge is 0.354 e.